The Morgan fingerprint density at radius 1 is 1.19 bits per heavy atom. The highest BCUT2D eigenvalue weighted by Crippen LogP contribution is 2.34. The summed E-state index contributed by atoms with van der Waals surface area (Å²) in [5, 5.41) is 1.56. The van der Waals surface area contributed by atoms with E-state index in [-0.39, 0.29) is 40.6 Å². The van der Waals surface area contributed by atoms with Gasteiger partial charge in [0.25, 0.3) is 5.91 Å². The summed E-state index contributed by atoms with van der Waals surface area (Å²) >= 11 is 0. The Kier molecular flexibility index (Phi) is 4.77. The van der Waals surface area contributed by atoms with E-state index in [1.165, 1.54) is 30.3 Å². The predicted octanol–water partition coefficient (Wildman–Crippen LogP) is 2.77. The molecule has 3 aliphatic rings. The van der Waals surface area contributed by atoms with Gasteiger partial charge in [-0.15, -0.1) is 0 Å². The van der Waals surface area contributed by atoms with Gasteiger partial charge in [0.05, 0.1) is 22.8 Å². The van der Waals surface area contributed by atoms with Crippen molar-refractivity contribution in [2.45, 2.75) is 64.5 Å². The van der Waals surface area contributed by atoms with Crippen LogP contribution >= 0.6 is 0 Å². The van der Waals surface area contributed by atoms with Gasteiger partial charge in [-0.05, 0) is 44.0 Å². The molecule has 9 heteroatoms. The third-order valence-corrected chi connectivity index (χ3v) is 6.05. The number of rotatable bonds is 6. The zero-order valence-electron chi connectivity index (χ0n) is 26.8. The van der Waals surface area contributed by atoms with Gasteiger partial charge in [0.15, 0.2) is 0 Å². The maximum absolute atomic E-state index is 15.1. The molecular weight excluding hydrogens is 465 g/mol. The second kappa shape index (κ2) is 9.99. The number of amides is 3. The van der Waals surface area contributed by atoms with E-state index in [2.05, 4.69) is 4.90 Å². The monoisotopic (exact) mass is 502 g/mol. The first-order chi connectivity index (χ1) is 19.9. The van der Waals surface area contributed by atoms with Crippen molar-refractivity contribution < 1.29 is 37.8 Å². The van der Waals surface area contributed by atoms with E-state index in [0.29, 0.717) is 19.6 Å². The zero-order chi connectivity index (χ0) is 31.7. The number of fused-ring (bicyclic) bond motifs is 1. The van der Waals surface area contributed by atoms with E-state index in [1.807, 2.05) is 13.8 Å². The van der Waals surface area contributed by atoms with Gasteiger partial charge in [-0.25, -0.2) is 4.39 Å². The lowest BCUT2D eigenvalue weighted by Crippen LogP contribution is -2.52. The van der Waals surface area contributed by atoms with Crippen LogP contribution in [0.2, 0.25) is 0 Å². The molecule has 36 heavy (non-hydrogen) atoms. The normalized spacial score (nSPS) is 33.7. The molecule has 3 atom stereocenters. The number of carbonyl (C=O) groups excluding carboxylic acids is 3. The molecule has 3 amide bonds. The maximum Gasteiger partial charge on any atom is 0.255 e. The molecule has 0 aliphatic carbocycles. The van der Waals surface area contributed by atoms with Crippen LogP contribution in [0.25, 0.3) is 0 Å². The molecule has 0 saturated carbocycles. The summed E-state index contributed by atoms with van der Waals surface area (Å²) in [6, 6.07) is 4.96. The summed E-state index contributed by atoms with van der Waals surface area (Å²) in [5.74, 6) is -5.43. The molecule has 0 bridgehead atoms. The second-order valence-corrected chi connectivity index (χ2v) is 8.98. The fourth-order valence-electron chi connectivity index (χ4n) is 4.54. The topological polar surface area (TPSA) is 88.2 Å². The molecule has 0 spiro atoms. The highest BCUT2D eigenvalue weighted by Gasteiger charge is 2.40. The van der Waals surface area contributed by atoms with Gasteiger partial charge in [-0.3, -0.25) is 24.6 Å². The van der Waals surface area contributed by atoms with Crippen molar-refractivity contribution in [3.8, 4) is 5.75 Å². The van der Waals surface area contributed by atoms with Gasteiger partial charge in [-0.1, -0.05) is 18.2 Å². The van der Waals surface area contributed by atoms with E-state index < -0.39 is 54.4 Å². The lowest BCUT2D eigenvalue weighted by atomic mass is 10.0. The zero-order valence-corrected chi connectivity index (χ0v) is 19.8. The lowest BCUT2D eigenvalue weighted by Gasteiger charge is -2.35. The Hall–Kier alpha value is -3.30. The third kappa shape index (κ3) is 4.99. The van der Waals surface area contributed by atoms with Crippen LogP contribution in [-0.4, -0.2) is 58.8 Å². The van der Waals surface area contributed by atoms with Crippen LogP contribution in [0.1, 0.15) is 63.2 Å². The van der Waals surface area contributed by atoms with E-state index >= 15 is 4.39 Å². The van der Waals surface area contributed by atoms with E-state index in [1.54, 1.807) is 11.4 Å². The number of nitrogens with one attached hydrogen (secondary N) is 1. The molecule has 2 fully saturated rings. The van der Waals surface area contributed by atoms with Gasteiger partial charge in [0.2, 0.25) is 11.8 Å². The first-order valence-electron chi connectivity index (χ1n) is 15.0. The third-order valence-electron chi connectivity index (χ3n) is 6.05. The van der Waals surface area contributed by atoms with E-state index in [9.17, 15) is 14.4 Å². The Labute approximate surface area is 219 Å². The van der Waals surface area contributed by atoms with Gasteiger partial charge in [-0.2, -0.15) is 0 Å². The minimum Gasteiger partial charge on any atom is -0.488 e. The first kappa shape index (κ1) is 17.2. The van der Waals surface area contributed by atoms with Crippen LogP contribution < -0.4 is 10.1 Å². The van der Waals surface area contributed by atoms with Crippen LogP contribution in [0.4, 0.5) is 4.39 Å². The van der Waals surface area contributed by atoms with Crippen LogP contribution in [-0.2, 0) is 34.0 Å². The van der Waals surface area contributed by atoms with E-state index in [0.717, 1.165) is 5.56 Å². The van der Waals surface area contributed by atoms with Crippen molar-refractivity contribution in [2.24, 2.45) is 0 Å². The molecule has 0 radical (unpaired) electrons. The number of imide groups is 1. The smallest absolute Gasteiger partial charge is 0.255 e. The number of morpholine rings is 1. The molecule has 2 saturated heterocycles. The molecule has 2 aromatic carbocycles. The van der Waals surface area contributed by atoms with Crippen LogP contribution in [0.3, 0.4) is 0 Å². The second-order valence-electron chi connectivity index (χ2n) is 8.98. The summed E-state index contributed by atoms with van der Waals surface area (Å²) in [7, 11) is 0. The fraction of sp³-hybridized carbons (Fsp3) is 0.444. The maximum atomic E-state index is 15.1. The Morgan fingerprint density at radius 2 is 1.97 bits per heavy atom. The average molecular weight is 503 g/mol. The molecule has 3 unspecified atom stereocenters. The Balaban J connectivity index is 1.40. The van der Waals surface area contributed by atoms with Crippen LogP contribution in [0, 0.1) is 5.82 Å². The van der Waals surface area contributed by atoms with Gasteiger partial charge in [0, 0.05) is 48.2 Å². The average Bonchev–Trinajstić information content (AvgIpc) is 3.11. The quantitative estimate of drug-likeness (QED) is 0.612. The number of benzene rings is 2. The molecule has 5 rings (SSSR count). The summed E-state index contributed by atoms with van der Waals surface area (Å²) in [6.45, 7) is 2.43. The summed E-state index contributed by atoms with van der Waals surface area (Å²) in [5.41, 5.74) is 0.0681. The van der Waals surface area contributed by atoms with Gasteiger partial charge >= 0.3 is 0 Å². The number of nitrogens with zero attached hydrogens (tertiary/aromatic N) is 2. The Morgan fingerprint density at radius 3 is 2.72 bits per heavy atom. The van der Waals surface area contributed by atoms with Crippen molar-refractivity contribution in [1.29, 1.82) is 0 Å². The number of hydrogen-bond donors (Lipinski definition) is 1. The Bertz CT molecular complexity index is 1500. The van der Waals surface area contributed by atoms with Gasteiger partial charge in [0.1, 0.15) is 24.2 Å². The minimum atomic E-state index is -3.66. The summed E-state index contributed by atoms with van der Waals surface area (Å²) in [4.78, 5) is 40.5. The van der Waals surface area contributed by atoms with Crippen molar-refractivity contribution in [3.63, 3.8) is 0 Å². The van der Waals surface area contributed by atoms with Crippen molar-refractivity contribution in [3.05, 3.63) is 64.5 Å². The number of hydrogen-bond acceptors (Lipinski definition) is 6. The number of halogens is 1. The molecule has 2 aromatic rings. The number of piperidine rings is 1. The molecule has 190 valence electrons. The highest BCUT2D eigenvalue weighted by molar-refractivity contribution is 6.05. The predicted molar refractivity (Wildman–Crippen MR) is 129 cm³/mol. The number of carbonyl (C=O) groups is 3. The molecule has 3 heterocycles. The molecule has 8 nitrogen and oxygen atoms in total. The fourth-order valence-corrected chi connectivity index (χ4v) is 4.54. The van der Waals surface area contributed by atoms with Crippen molar-refractivity contribution >= 4 is 17.7 Å². The number of ether oxygens (including phenoxy) is 2. The largest absolute Gasteiger partial charge is 0.488 e. The van der Waals surface area contributed by atoms with Crippen LogP contribution in [0.5, 0.6) is 5.75 Å². The van der Waals surface area contributed by atoms with Gasteiger partial charge < -0.3 is 14.4 Å². The first-order valence-corrected chi connectivity index (χ1v) is 11.5. The van der Waals surface area contributed by atoms with Crippen molar-refractivity contribution in [1.82, 2.24) is 15.1 Å². The molecular formula is C27H30FN3O5. The molecule has 3 aliphatic heterocycles. The standard InChI is InChI=1S/C27H30FN3O5/c1-16-11-30(12-17(2)36-16)13-18-6-7-19(22(28)10-18)15-35-24-5-3-4-20-21(24)14-31(27(20)34)23-8-9-25(32)29-26(23)33/h3-7,10,16-17,23H,8-9,11-15H2,1-2H3,(H,29,32,33)/i8D2,9D2,14D2,23D. The van der Waals surface area contributed by atoms with Crippen LogP contribution in [0.15, 0.2) is 36.4 Å². The lowest BCUT2D eigenvalue weighted by molar-refractivity contribution is -0.136. The summed E-state index contributed by atoms with van der Waals surface area (Å²) in [6.07, 6.45) is -7.02. The molecule has 0 aromatic heterocycles. The summed E-state index contributed by atoms with van der Waals surface area (Å²) < 4.78 is 85.1. The van der Waals surface area contributed by atoms with Crippen molar-refractivity contribution in [2.75, 3.05) is 13.1 Å². The SMILES string of the molecule is [2H]C1([2H])c2c(OCc3ccc(CN4CC(C)OC(C)C4)cc3F)cccc2C(=O)N1C1([2H])C(=O)NC(=O)C([2H])([2H])C1([2H])[2H]. The molecule has 1 N–H and O–H groups in total. The minimum absolute atomic E-state index is 0.0140. The van der Waals surface area contributed by atoms with E-state index in [4.69, 9.17) is 19.1 Å². The highest BCUT2D eigenvalue weighted by atomic mass is 19.1.